The van der Waals surface area contributed by atoms with Crippen LogP contribution in [-0.2, 0) is 4.79 Å². The quantitative estimate of drug-likeness (QED) is 0.767. The van der Waals surface area contributed by atoms with Gasteiger partial charge in [-0.2, -0.15) is 0 Å². The van der Waals surface area contributed by atoms with Crippen molar-refractivity contribution in [3.05, 3.63) is 54.6 Å². The van der Waals surface area contributed by atoms with E-state index in [2.05, 4.69) is 16.0 Å². The fourth-order valence-electron chi connectivity index (χ4n) is 1.86. The molecule has 3 amide bonds. The molecule has 0 heterocycles. The van der Waals surface area contributed by atoms with Crippen LogP contribution in [0.3, 0.4) is 0 Å². The van der Waals surface area contributed by atoms with Crippen LogP contribution in [0.1, 0.15) is 6.92 Å². The Morgan fingerprint density at radius 2 is 1.57 bits per heavy atom. The summed E-state index contributed by atoms with van der Waals surface area (Å²) in [5.41, 5.74) is 1.31. The third kappa shape index (κ3) is 5.70. The molecule has 6 heteroatoms. The van der Waals surface area contributed by atoms with Crippen molar-refractivity contribution in [2.75, 3.05) is 23.8 Å². The fraction of sp³-hybridized carbons (Fsp3) is 0.176. The third-order valence-corrected chi connectivity index (χ3v) is 2.89. The number of rotatable bonds is 6. The average Bonchev–Trinajstić information content (AvgIpc) is 2.56. The molecule has 0 aromatic heterocycles. The molecule has 2 aromatic carbocycles. The van der Waals surface area contributed by atoms with Crippen molar-refractivity contribution in [3.8, 4) is 5.75 Å². The van der Waals surface area contributed by atoms with Crippen molar-refractivity contribution in [1.82, 2.24) is 5.32 Å². The number of carbonyl (C=O) groups excluding carboxylic acids is 2. The summed E-state index contributed by atoms with van der Waals surface area (Å²) in [6, 6.07) is 15.6. The first kappa shape index (κ1) is 16.4. The molecule has 0 atom stereocenters. The number of urea groups is 1. The molecule has 2 rings (SSSR count). The Bertz CT molecular complexity index is 642. The highest BCUT2D eigenvalue weighted by molar-refractivity contribution is 5.96. The number of para-hydroxylation sites is 1. The molecule has 2 aromatic rings. The lowest BCUT2D eigenvalue weighted by Gasteiger charge is -2.09. The minimum Gasteiger partial charge on any atom is -0.494 e. The molecule has 120 valence electrons. The van der Waals surface area contributed by atoms with Gasteiger partial charge in [-0.1, -0.05) is 18.2 Å². The van der Waals surface area contributed by atoms with E-state index in [1.54, 1.807) is 36.4 Å². The smallest absolute Gasteiger partial charge is 0.319 e. The SMILES string of the molecule is CCOc1ccc(NC(=O)CNC(=O)Nc2ccccc2)cc1. The molecule has 0 aliphatic carbocycles. The second kappa shape index (κ2) is 8.43. The number of hydrogen-bond acceptors (Lipinski definition) is 3. The Kier molecular flexibility index (Phi) is 5.99. The van der Waals surface area contributed by atoms with Gasteiger partial charge < -0.3 is 20.7 Å². The fourth-order valence-corrected chi connectivity index (χ4v) is 1.86. The van der Waals surface area contributed by atoms with E-state index in [9.17, 15) is 9.59 Å². The minimum atomic E-state index is -0.432. The van der Waals surface area contributed by atoms with Crippen LogP contribution in [0.15, 0.2) is 54.6 Å². The van der Waals surface area contributed by atoms with Gasteiger partial charge in [0.2, 0.25) is 5.91 Å². The molecule has 0 radical (unpaired) electrons. The summed E-state index contributed by atoms with van der Waals surface area (Å²) in [6.45, 7) is 2.37. The van der Waals surface area contributed by atoms with Gasteiger partial charge in [-0.15, -0.1) is 0 Å². The number of carbonyl (C=O) groups is 2. The number of amides is 3. The average molecular weight is 313 g/mol. The molecule has 23 heavy (non-hydrogen) atoms. The van der Waals surface area contributed by atoms with E-state index in [4.69, 9.17) is 4.74 Å². The number of hydrogen-bond donors (Lipinski definition) is 3. The predicted molar refractivity (Wildman–Crippen MR) is 89.7 cm³/mol. The lowest BCUT2D eigenvalue weighted by atomic mass is 10.3. The Morgan fingerprint density at radius 1 is 0.913 bits per heavy atom. The standard InChI is InChI=1S/C17H19N3O3/c1-2-23-15-10-8-14(9-11-15)19-16(21)12-18-17(22)20-13-6-4-3-5-7-13/h3-11H,2,12H2,1H3,(H,19,21)(H2,18,20,22). The van der Waals surface area contributed by atoms with Gasteiger partial charge in [0.25, 0.3) is 0 Å². The maximum Gasteiger partial charge on any atom is 0.319 e. The van der Waals surface area contributed by atoms with Crippen LogP contribution in [0.4, 0.5) is 16.2 Å². The molecule has 0 unspecified atom stereocenters. The van der Waals surface area contributed by atoms with E-state index in [0.29, 0.717) is 18.0 Å². The first-order chi connectivity index (χ1) is 11.2. The van der Waals surface area contributed by atoms with E-state index in [1.165, 1.54) is 0 Å². The monoisotopic (exact) mass is 313 g/mol. The third-order valence-electron chi connectivity index (χ3n) is 2.89. The van der Waals surface area contributed by atoms with E-state index in [1.807, 2.05) is 25.1 Å². The number of benzene rings is 2. The second-order valence-electron chi connectivity index (χ2n) is 4.68. The van der Waals surface area contributed by atoms with Gasteiger partial charge >= 0.3 is 6.03 Å². The van der Waals surface area contributed by atoms with E-state index >= 15 is 0 Å². The Morgan fingerprint density at radius 3 is 2.22 bits per heavy atom. The molecule has 0 fully saturated rings. The molecule has 0 aliphatic rings. The molecule has 0 spiro atoms. The molecule has 0 bridgehead atoms. The summed E-state index contributed by atoms with van der Waals surface area (Å²) >= 11 is 0. The summed E-state index contributed by atoms with van der Waals surface area (Å²) < 4.78 is 5.32. The van der Waals surface area contributed by atoms with Gasteiger partial charge in [-0.3, -0.25) is 4.79 Å². The van der Waals surface area contributed by atoms with Crippen LogP contribution >= 0.6 is 0 Å². The molecule has 0 aliphatic heterocycles. The zero-order valence-corrected chi connectivity index (χ0v) is 12.8. The van der Waals surface area contributed by atoms with Gasteiger partial charge in [0.15, 0.2) is 0 Å². The van der Waals surface area contributed by atoms with Crippen LogP contribution < -0.4 is 20.7 Å². The summed E-state index contributed by atoms with van der Waals surface area (Å²) in [5.74, 6) is 0.434. The summed E-state index contributed by atoms with van der Waals surface area (Å²) in [7, 11) is 0. The van der Waals surface area contributed by atoms with Gasteiger partial charge in [0.05, 0.1) is 13.2 Å². The summed E-state index contributed by atoms with van der Waals surface area (Å²) in [4.78, 5) is 23.5. The van der Waals surface area contributed by atoms with E-state index in [0.717, 1.165) is 5.75 Å². The maximum atomic E-state index is 11.8. The first-order valence-electron chi connectivity index (χ1n) is 7.30. The van der Waals surface area contributed by atoms with Crippen LogP contribution in [0.2, 0.25) is 0 Å². The first-order valence-corrected chi connectivity index (χ1v) is 7.30. The van der Waals surface area contributed by atoms with Crippen LogP contribution in [-0.4, -0.2) is 25.1 Å². The molecular formula is C17H19N3O3. The van der Waals surface area contributed by atoms with Gasteiger partial charge in [-0.25, -0.2) is 4.79 Å². The Hall–Kier alpha value is -3.02. The lowest BCUT2D eigenvalue weighted by Crippen LogP contribution is -2.35. The van der Waals surface area contributed by atoms with Crippen molar-refractivity contribution in [2.24, 2.45) is 0 Å². The molecule has 3 N–H and O–H groups in total. The van der Waals surface area contributed by atoms with Crippen molar-refractivity contribution in [3.63, 3.8) is 0 Å². The van der Waals surface area contributed by atoms with Crippen molar-refractivity contribution in [1.29, 1.82) is 0 Å². The van der Waals surface area contributed by atoms with Crippen molar-refractivity contribution < 1.29 is 14.3 Å². The minimum absolute atomic E-state index is 0.119. The largest absolute Gasteiger partial charge is 0.494 e. The lowest BCUT2D eigenvalue weighted by molar-refractivity contribution is -0.115. The van der Waals surface area contributed by atoms with E-state index in [-0.39, 0.29) is 12.5 Å². The molecule has 0 saturated heterocycles. The summed E-state index contributed by atoms with van der Waals surface area (Å²) in [5, 5.41) is 7.83. The number of nitrogens with one attached hydrogen (secondary N) is 3. The zero-order valence-electron chi connectivity index (χ0n) is 12.8. The highest BCUT2D eigenvalue weighted by atomic mass is 16.5. The molecule has 0 saturated carbocycles. The highest BCUT2D eigenvalue weighted by Crippen LogP contribution is 2.15. The number of ether oxygens (including phenoxy) is 1. The van der Waals surface area contributed by atoms with Gasteiger partial charge in [0.1, 0.15) is 5.75 Å². The van der Waals surface area contributed by atoms with Crippen molar-refractivity contribution in [2.45, 2.75) is 6.92 Å². The molecular weight excluding hydrogens is 294 g/mol. The Balaban J connectivity index is 1.75. The predicted octanol–water partition coefficient (Wildman–Crippen LogP) is 2.85. The Labute approximate surface area is 134 Å². The van der Waals surface area contributed by atoms with Crippen LogP contribution in [0.25, 0.3) is 0 Å². The van der Waals surface area contributed by atoms with E-state index < -0.39 is 6.03 Å². The number of anilines is 2. The maximum absolute atomic E-state index is 11.8. The van der Waals surface area contributed by atoms with Crippen LogP contribution in [0, 0.1) is 0 Å². The highest BCUT2D eigenvalue weighted by Gasteiger charge is 2.06. The molecule has 6 nitrogen and oxygen atoms in total. The van der Waals surface area contributed by atoms with Gasteiger partial charge in [-0.05, 0) is 43.3 Å². The van der Waals surface area contributed by atoms with Crippen LogP contribution in [0.5, 0.6) is 5.75 Å². The normalized spacial score (nSPS) is 9.78. The van der Waals surface area contributed by atoms with Gasteiger partial charge in [0, 0.05) is 11.4 Å². The second-order valence-corrected chi connectivity index (χ2v) is 4.68. The summed E-state index contributed by atoms with van der Waals surface area (Å²) in [6.07, 6.45) is 0. The van der Waals surface area contributed by atoms with Crippen molar-refractivity contribution >= 4 is 23.3 Å². The zero-order chi connectivity index (χ0) is 16.5. The topological polar surface area (TPSA) is 79.5 Å².